The summed E-state index contributed by atoms with van der Waals surface area (Å²) in [6.45, 7) is 3.71. The summed E-state index contributed by atoms with van der Waals surface area (Å²) in [4.78, 5) is 12.1. The van der Waals surface area contributed by atoms with Crippen molar-refractivity contribution in [2.75, 3.05) is 5.32 Å². The highest BCUT2D eigenvalue weighted by atomic mass is 16.4. The van der Waals surface area contributed by atoms with Crippen molar-refractivity contribution >= 4 is 11.6 Å². The fraction of sp³-hybridized carbons (Fsp3) is 0.188. The van der Waals surface area contributed by atoms with E-state index in [0.717, 1.165) is 17.7 Å². The highest BCUT2D eigenvalue weighted by Gasteiger charge is 2.11. The van der Waals surface area contributed by atoms with E-state index in [1.54, 1.807) is 31.2 Å². The van der Waals surface area contributed by atoms with Gasteiger partial charge in [-0.1, -0.05) is 6.92 Å². The number of anilines is 1. The topological polar surface area (TPSA) is 81.2 Å². The van der Waals surface area contributed by atoms with Gasteiger partial charge in [0.1, 0.15) is 5.76 Å². The zero-order valence-electron chi connectivity index (χ0n) is 12.3. The van der Waals surface area contributed by atoms with Gasteiger partial charge in [-0.05, 0) is 36.4 Å². The Hall–Kier alpha value is -2.89. The summed E-state index contributed by atoms with van der Waals surface area (Å²) in [7, 11) is 0. The maximum atomic E-state index is 12.1. The van der Waals surface area contributed by atoms with Crippen molar-refractivity contribution in [2.24, 2.45) is 0 Å². The van der Waals surface area contributed by atoms with Crippen LogP contribution in [0.2, 0.25) is 0 Å². The third kappa shape index (κ3) is 2.90. The highest BCUT2D eigenvalue weighted by molar-refractivity contribution is 6.02. The molecule has 0 spiro atoms. The fourth-order valence-electron chi connectivity index (χ4n) is 1.99. The van der Waals surface area contributed by atoms with E-state index in [0.29, 0.717) is 23.2 Å². The predicted molar refractivity (Wildman–Crippen MR) is 80.5 cm³/mol. The number of nitrogens with zero attached hydrogens (tertiary/aromatic N) is 2. The Balaban J connectivity index is 1.72. The average Bonchev–Trinajstić information content (AvgIpc) is 3.17. The summed E-state index contributed by atoms with van der Waals surface area (Å²) >= 11 is 0. The van der Waals surface area contributed by atoms with Crippen LogP contribution in [0.5, 0.6) is 0 Å². The standard InChI is InChI=1S/C16H15N3O3/c1-3-13-8-9-14(22-13)15(20)17-12-6-4-11(5-7-12)16-19-18-10(2)21-16/h4-9H,3H2,1-2H3,(H,17,20). The monoisotopic (exact) mass is 297 g/mol. The minimum absolute atomic E-state index is 0.277. The number of carbonyl (C=O) groups is 1. The lowest BCUT2D eigenvalue weighted by molar-refractivity contribution is 0.0995. The zero-order valence-corrected chi connectivity index (χ0v) is 12.3. The van der Waals surface area contributed by atoms with E-state index < -0.39 is 0 Å². The number of hydrogen-bond acceptors (Lipinski definition) is 5. The quantitative estimate of drug-likeness (QED) is 0.797. The van der Waals surface area contributed by atoms with Gasteiger partial charge in [0.15, 0.2) is 5.76 Å². The van der Waals surface area contributed by atoms with E-state index in [1.165, 1.54) is 0 Å². The SMILES string of the molecule is CCc1ccc(C(=O)Nc2ccc(-c3nnc(C)o3)cc2)o1. The number of amides is 1. The number of nitrogens with one attached hydrogen (secondary N) is 1. The van der Waals surface area contributed by atoms with Gasteiger partial charge < -0.3 is 14.2 Å². The third-order valence-electron chi connectivity index (χ3n) is 3.15. The molecule has 3 aromatic rings. The van der Waals surface area contributed by atoms with Crippen LogP contribution in [0.15, 0.2) is 45.2 Å². The lowest BCUT2D eigenvalue weighted by Gasteiger charge is -2.03. The normalized spacial score (nSPS) is 10.6. The number of carbonyl (C=O) groups excluding carboxylic acids is 1. The van der Waals surface area contributed by atoms with Crippen LogP contribution in [0.25, 0.3) is 11.5 Å². The summed E-state index contributed by atoms with van der Waals surface area (Å²) in [6, 6.07) is 10.6. The molecule has 1 amide bonds. The third-order valence-corrected chi connectivity index (χ3v) is 3.15. The van der Waals surface area contributed by atoms with Crippen LogP contribution >= 0.6 is 0 Å². The lowest BCUT2D eigenvalue weighted by atomic mass is 10.2. The van der Waals surface area contributed by atoms with Crippen LogP contribution in [-0.4, -0.2) is 16.1 Å². The number of furan rings is 1. The molecule has 3 rings (SSSR count). The van der Waals surface area contributed by atoms with Crippen LogP contribution in [0.1, 0.15) is 29.1 Å². The molecule has 0 radical (unpaired) electrons. The van der Waals surface area contributed by atoms with E-state index in [-0.39, 0.29) is 5.91 Å². The maximum absolute atomic E-state index is 12.1. The number of hydrogen-bond donors (Lipinski definition) is 1. The molecular weight excluding hydrogens is 282 g/mol. The first-order valence-electron chi connectivity index (χ1n) is 6.96. The van der Waals surface area contributed by atoms with Crippen molar-refractivity contribution in [3.63, 3.8) is 0 Å². The molecule has 6 heteroatoms. The fourth-order valence-corrected chi connectivity index (χ4v) is 1.99. The molecule has 0 saturated heterocycles. The molecule has 0 aliphatic rings. The van der Waals surface area contributed by atoms with E-state index in [4.69, 9.17) is 8.83 Å². The molecule has 1 aromatic carbocycles. The van der Waals surface area contributed by atoms with E-state index in [1.807, 2.05) is 19.1 Å². The molecule has 0 unspecified atom stereocenters. The first-order chi connectivity index (χ1) is 10.7. The Morgan fingerprint density at radius 2 is 1.86 bits per heavy atom. The van der Waals surface area contributed by atoms with Gasteiger partial charge >= 0.3 is 0 Å². The molecule has 0 fully saturated rings. The first kappa shape index (κ1) is 14.1. The second-order valence-corrected chi connectivity index (χ2v) is 4.78. The predicted octanol–water partition coefficient (Wildman–Crippen LogP) is 3.45. The minimum Gasteiger partial charge on any atom is -0.456 e. The first-order valence-corrected chi connectivity index (χ1v) is 6.96. The van der Waals surface area contributed by atoms with Gasteiger partial charge in [0.25, 0.3) is 5.91 Å². The van der Waals surface area contributed by atoms with Crippen LogP contribution in [0.3, 0.4) is 0 Å². The average molecular weight is 297 g/mol. The number of benzene rings is 1. The molecule has 22 heavy (non-hydrogen) atoms. The number of aryl methyl sites for hydroxylation is 2. The second-order valence-electron chi connectivity index (χ2n) is 4.78. The molecule has 112 valence electrons. The summed E-state index contributed by atoms with van der Waals surface area (Å²) in [5.41, 5.74) is 1.46. The molecule has 0 aliphatic carbocycles. The van der Waals surface area contributed by atoms with Crippen LogP contribution < -0.4 is 5.32 Å². The molecule has 0 saturated carbocycles. The largest absolute Gasteiger partial charge is 0.456 e. The highest BCUT2D eigenvalue weighted by Crippen LogP contribution is 2.20. The summed E-state index contributed by atoms with van der Waals surface area (Å²) in [6.07, 6.45) is 0.756. The molecule has 0 atom stereocenters. The number of aromatic nitrogens is 2. The smallest absolute Gasteiger partial charge is 0.291 e. The van der Waals surface area contributed by atoms with E-state index >= 15 is 0 Å². The van der Waals surface area contributed by atoms with Gasteiger partial charge in [-0.15, -0.1) is 10.2 Å². The van der Waals surface area contributed by atoms with Crippen molar-refractivity contribution in [2.45, 2.75) is 20.3 Å². The molecular formula is C16H15N3O3. The van der Waals surface area contributed by atoms with E-state index in [9.17, 15) is 4.79 Å². The Kier molecular flexibility index (Phi) is 3.74. The van der Waals surface area contributed by atoms with Crippen molar-refractivity contribution in [3.05, 3.63) is 53.8 Å². The van der Waals surface area contributed by atoms with Crippen LogP contribution in [0.4, 0.5) is 5.69 Å². The molecule has 1 N–H and O–H groups in total. The van der Waals surface area contributed by atoms with Gasteiger partial charge in [-0.2, -0.15) is 0 Å². The molecule has 2 aromatic heterocycles. The lowest BCUT2D eigenvalue weighted by Crippen LogP contribution is -2.10. The zero-order chi connectivity index (χ0) is 15.5. The van der Waals surface area contributed by atoms with Crippen molar-refractivity contribution in [1.29, 1.82) is 0 Å². The van der Waals surface area contributed by atoms with Gasteiger partial charge in [-0.25, -0.2) is 0 Å². The van der Waals surface area contributed by atoms with Gasteiger partial charge in [0.05, 0.1) is 0 Å². The van der Waals surface area contributed by atoms with Crippen LogP contribution in [-0.2, 0) is 6.42 Å². The molecule has 6 nitrogen and oxygen atoms in total. The summed E-state index contributed by atoms with van der Waals surface area (Å²) in [5.74, 6) is 1.77. The maximum Gasteiger partial charge on any atom is 0.291 e. The van der Waals surface area contributed by atoms with Gasteiger partial charge in [-0.3, -0.25) is 4.79 Å². The second kappa shape index (κ2) is 5.85. The minimum atomic E-state index is -0.277. The molecule has 0 bridgehead atoms. The molecule has 0 aliphatic heterocycles. The number of rotatable bonds is 4. The van der Waals surface area contributed by atoms with Crippen LogP contribution in [0, 0.1) is 6.92 Å². The van der Waals surface area contributed by atoms with E-state index in [2.05, 4.69) is 15.5 Å². The Labute approximate surface area is 127 Å². The van der Waals surface area contributed by atoms with Crippen molar-refractivity contribution in [3.8, 4) is 11.5 Å². The van der Waals surface area contributed by atoms with Crippen molar-refractivity contribution < 1.29 is 13.6 Å². The van der Waals surface area contributed by atoms with Crippen molar-refractivity contribution in [1.82, 2.24) is 10.2 Å². The Morgan fingerprint density at radius 1 is 1.09 bits per heavy atom. The van der Waals surface area contributed by atoms with Gasteiger partial charge in [0.2, 0.25) is 11.8 Å². The summed E-state index contributed by atoms with van der Waals surface area (Å²) in [5, 5.41) is 10.5. The summed E-state index contributed by atoms with van der Waals surface area (Å²) < 4.78 is 10.8. The Bertz CT molecular complexity index is 787. The molecule has 2 heterocycles. The Morgan fingerprint density at radius 3 is 2.45 bits per heavy atom. The van der Waals surface area contributed by atoms with Gasteiger partial charge in [0, 0.05) is 24.6 Å².